The first-order chi connectivity index (χ1) is 12.5. The van der Waals surface area contributed by atoms with Gasteiger partial charge >= 0.3 is 0 Å². The number of benzene rings is 1. The van der Waals surface area contributed by atoms with Crippen molar-refractivity contribution in [3.8, 4) is 0 Å². The molecular weight excluding hydrogens is 388 g/mol. The Labute approximate surface area is 165 Å². The summed E-state index contributed by atoms with van der Waals surface area (Å²) in [5.74, 6) is 0.762. The number of halogens is 1. The molecule has 0 amide bonds. The van der Waals surface area contributed by atoms with Gasteiger partial charge in [0.1, 0.15) is 4.90 Å². The molecule has 0 unspecified atom stereocenters. The molecule has 1 aliphatic rings. The molecule has 0 atom stereocenters. The van der Waals surface area contributed by atoms with Crippen LogP contribution < -0.4 is 0 Å². The molecule has 1 fully saturated rings. The number of aromatic nitrogens is 1. The maximum atomic E-state index is 12.8. The van der Waals surface area contributed by atoms with Gasteiger partial charge in [0.05, 0.1) is 5.03 Å². The Hall–Kier alpha value is -1.08. The second-order valence-electron chi connectivity index (χ2n) is 6.56. The number of rotatable bonds is 6. The van der Waals surface area contributed by atoms with Crippen LogP contribution >= 0.6 is 23.4 Å². The summed E-state index contributed by atoms with van der Waals surface area (Å²) in [7, 11) is -1.79. The summed E-state index contributed by atoms with van der Waals surface area (Å²) in [6, 6.07) is 11.2. The van der Waals surface area contributed by atoms with Gasteiger partial charge in [0.2, 0.25) is 10.0 Å². The maximum Gasteiger partial charge on any atom is 0.244 e. The molecule has 2 aromatic rings. The first kappa shape index (κ1) is 19.7. The SMILES string of the molecule is CN(C1CCCCC1)S(=O)(=O)c1ccc(SCc2ccc(Cl)cc2)nc1. The lowest BCUT2D eigenvalue weighted by Gasteiger charge is -2.30. The van der Waals surface area contributed by atoms with Crippen molar-refractivity contribution in [1.29, 1.82) is 0 Å². The normalized spacial score (nSPS) is 16.1. The Morgan fingerprint density at radius 2 is 1.81 bits per heavy atom. The van der Waals surface area contributed by atoms with Crippen LogP contribution in [0.1, 0.15) is 37.7 Å². The molecule has 1 aliphatic carbocycles. The highest BCUT2D eigenvalue weighted by molar-refractivity contribution is 7.98. The molecule has 140 valence electrons. The predicted molar refractivity (Wildman–Crippen MR) is 107 cm³/mol. The number of sulfonamides is 1. The number of hydrogen-bond donors (Lipinski definition) is 0. The quantitative estimate of drug-likeness (QED) is 0.630. The molecule has 0 spiro atoms. The zero-order valence-corrected chi connectivity index (χ0v) is 17.2. The molecule has 1 heterocycles. The van der Waals surface area contributed by atoms with Crippen LogP contribution in [0.3, 0.4) is 0 Å². The lowest BCUT2D eigenvalue weighted by Crippen LogP contribution is -2.38. The average Bonchev–Trinajstić information content (AvgIpc) is 2.68. The predicted octanol–water partition coefficient (Wildman–Crippen LogP) is 4.98. The minimum absolute atomic E-state index is 0.104. The molecule has 1 saturated carbocycles. The van der Waals surface area contributed by atoms with E-state index >= 15 is 0 Å². The van der Waals surface area contributed by atoms with Crippen molar-refractivity contribution >= 4 is 33.4 Å². The van der Waals surface area contributed by atoms with E-state index in [0.717, 1.165) is 42.0 Å². The van der Waals surface area contributed by atoms with Crippen LogP contribution in [0.5, 0.6) is 0 Å². The van der Waals surface area contributed by atoms with Gasteiger partial charge in [-0.2, -0.15) is 4.31 Å². The molecule has 7 heteroatoms. The van der Waals surface area contributed by atoms with E-state index in [-0.39, 0.29) is 10.9 Å². The molecule has 3 rings (SSSR count). The molecule has 0 N–H and O–H groups in total. The fourth-order valence-corrected chi connectivity index (χ4v) is 5.44. The van der Waals surface area contributed by atoms with Gasteiger partial charge in [-0.3, -0.25) is 0 Å². The Balaban J connectivity index is 1.65. The molecule has 26 heavy (non-hydrogen) atoms. The van der Waals surface area contributed by atoms with Crippen molar-refractivity contribution in [3.63, 3.8) is 0 Å². The Kier molecular flexibility index (Phi) is 6.61. The zero-order chi connectivity index (χ0) is 18.6. The second-order valence-corrected chi connectivity index (χ2v) is 9.99. The van der Waals surface area contributed by atoms with E-state index < -0.39 is 10.0 Å². The molecule has 4 nitrogen and oxygen atoms in total. The molecule has 1 aromatic heterocycles. The monoisotopic (exact) mass is 410 g/mol. The van der Waals surface area contributed by atoms with Crippen molar-refractivity contribution in [1.82, 2.24) is 9.29 Å². The maximum absolute atomic E-state index is 12.8. The topological polar surface area (TPSA) is 50.3 Å². The van der Waals surface area contributed by atoms with E-state index in [1.54, 1.807) is 30.9 Å². The summed E-state index contributed by atoms with van der Waals surface area (Å²) in [5.41, 5.74) is 1.15. The van der Waals surface area contributed by atoms with Crippen LogP contribution in [-0.2, 0) is 15.8 Å². The van der Waals surface area contributed by atoms with Gasteiger partial charge in [-0.05, 0) is 42.7 Å². The van der Waals surface area contributed by atoms with Gasteiger partial charge < -0.3 is 0 Å². The first-order valence-corrected chi connectivity index (χ1v) is 11.6. The summed E-state index contributed by atoms with van der Waals surface area (Å²) in [4.78, 5) is 4.60. The van der Waals surface area contributed by atoms with E-state index in [0.29, 0.717) is 5.02 Å². The summed E-state index contributed by atoms with van der Waals surface area (Å²) in [6.07, 6.45) is 6.76. The van der Waals surface area contributed by atoms with Gasteiger partial charge in [0, 0.05) is 30.1 Å². The molecule has 0 bridgehead atoms. The minimum atomic E-state index is -3.48. The average molecular weight is 411 g/mol. The van der Waals surface area contributed by atoms with Crippen molar-refractivity contribution in [2.24, 2.45) is 0 Å². The second kappa shape index (κ2) is 8.74. The summed E-state index contributed by atoms with van der Waals surface area (Å²) in [6.45, 7) is 0. The third kappa shape index (κ3) is 4.80. The van der Waals surface area contributed by atoms with Gasteiger partial charge in [-0.15, -0.1) is 11.8 Å². The molecule has 0 saturated heterocycles. The van der Waals surface area contributed by atoms with Gasteiger partial charge in [0.15, 0.2) is 0 Å². The highest BCUT2D eigenvalue weighted by atomic mass is 35.5. The van der Waals surface area contributed by atoms with Crippen LogP contribution in [0.15, 0.2) is 52.5 Å². The highest BCUT2D eigenvalue weighted by Crippen LogP contribution is 2.27. The number of nitrogens with zero attached hydrogens (tertiary/aromatic N) is 2. The zero-order valence-electron chi connectivity index (χ0n) is 14.8. The van der Waals surface area contributed by atoms with E-state index in [2.05, 4.69) is 4.98 Å². The summed E-state index contributed by atoms with van der Waals surface area (Å²) in [5, 5.41) is 1.52. The first-order valence-electron chi connectivity index (χ1n) is 8.78. The third-order valence-corrected chi connectivity index (χ3v) is 7.94. The van der Waals surface area contributed by atoms with E-state index in [1.807, 2.05) is 24.3 Å². The van der Waals surface area contributed by atoms with Gasteiger partial charge in [-0.1, -0.05) is 43.0 Å². The Morgan fingerprint density at radius 1 is 1.12 bits per heavy atom. The minimum Gasteiger partial charge on any atom is -0.249 e. The largest absolute Gasteiger partial charge is 0.249 e. The lowest BCUT2D eigenvalue weighted by molar-refractivity contribution is 0.285. The summed E-state index contributed by atoms with van der Waals surface area (Å²) < 4.78 is 27.2. The van der Waals surface area contributed by atoms with E-state index in [9.17, 15) is 8.42 Å². The Morgan fingerprint density at radius 3 is 2.42 bits per heavy atom. The van der Waals surface area contributed by atoms with Crippen molar-refractivity contribution in [2.75, 3.05) is 7.05 Å². The lowest BCUT2D eigenvalue weighted by atomic mass is 9.96. The van der Waals surface area contributed by atoms with Crippen molar-refractivity contribution in [3.05, 3.63) is 53.2 Å². The smallest absolute Gasteiger partial charge is 0.244 e. The van der Waals surface area contributed by atoms with Crippen LogP contribution in [0.2, 0.25) is 5.02 Å². The molecule has 1 aromatic carbocycles. The standard InChI is InChI=1S/C19H23ClN2O2S2/c1-22(17-5-3-2-4-6-17)26(23,24)18-11-12-19(21-13-18)25-14-15-7-9-16(20)10-8-15/h7-13,17H,2-6,14H2,1H3. The van der Waals surface area contributed by atoms with Crippen molar-refractivity contribution < 1.29 is 8.42 Å². The molecule has 0 aliphatic heterocycles. The third-order valence-electron chi connectivity index (χ3n) is 4.78. The van der Waals surface area contributed by atoms with Gasteiger partial charge in [-0.25, -0.2) is 13.4 Å². The van der Waals surface area contributed by atoms with E-state index in [4.69, 9.17) is 11.6 Å². The molecular formula is C19H23ClN2O2S2. The number of thioether (sulfide) groups is 1. The number of hydrogen-bond acceptors (Lipinski definition) is 4. The van der Waals surface area contributed by atoms with E-state index in [1.165, 1.54) is 16.9 Å². The fraction of sp³-hybridized carbons (Fsp3) is 0.421. The molecule has 0 radical (unpaired) electrons. The van der Waals surface area contributed by atoms with Crippen LogP contribution in [0.25, 0.3) is 0 Å². The van der Waals surface area contributed by atoms with Crippen LogP contribution in [-0.4, -0.2) is 30.8 Å². The number of pyridine rings is 1. The summed E-state index contributed by atoms with van der Waals surface area (Å²) >= 11 is 7.46. The highest BCUT2D eigenvalue weighted by Gasteiger charge is 2.29. The van der Waals surface area contributed by atoms with Crippen LogP contribution in [0, 0.1) is 0 Å². The van der Waals surface area contributed by atoms with Crippen LogP contribution in [0.4, 0.5) is 0 Å². The van der Waals surface area contributed by atoms with Gasteiger partial charge in [0.25, 0.3) is 0 Å². The van der Waals surface area contributed by atoms with Crippen molar-refractivity contribution in [2.45, 2.75) is 53.8 Å². The fourth-order valence-electron chi connectivity index (χ4n) is 3.15. The Bertz CT molecular complexity index is 818.